The Morgan fingerprint density at radius 2 is 2.07 bits per heavy atom. The molecule has 0 radical (unpaired) electrons. The Bertz CT molecular complexity index is 964. The normalized spacial score (nSPS) is 13.5. The first-order chi connectivity index (χ1) is 13.7. The van der Waals surface area contributed by atoms with E-state index >= 15 is 0 Å². The SMILES string of the molecule is COc1cccc(-c2cc(CNc3cc(C(=O)N4CCCC4)ccn3)no2)c1. The van der Waals surface area contributed by atoms with E-state index in [4.69, 9.17) is 9.26 Å². The van der Waals surface area contributed by atoms with E-state index in [0.717, 1.165) is 42.9 Å². The van der Waals surface area contributed by atoms with Crippen LogP contribution in [-0.4, -0.2) is 41.1 Å². The number of amides is 1. The molecule has 1 N–H and O–H groups in total. The number of aromatic nitrogens is 2. The highest BCUT2D eigenvalue weighted by molar-refractivity contribution is 5.95. The number of pyridine rings is 1. The highest BCUT2D eigenvalue weighted by Gasteiger charge is 2.19. The fourth-order valence-corrected chi connectivity index (χ4v) is 3.25. The van der Waals surface area contributed by atoms with Crippen LogP contribution in [0.3, 0.4) is 0 Å². The maximum Gasteiger partial charge on any atom is 0.254 e. The largest absolute Gasteiger partial charge is 0.497 e. The van der Waals surface area contributed by atoms with Crippen molar-refractivity contribution >= 4 is 11.7 Å². The van der Waals surface area contributed by atoms with Crippen molar-refractivity contribution in [2.24, 2.45) is 0 Å². The van der Waals surface area contributed by atoms with Gasteiger partial charge in [0.05, 0.1) is 13.7 Å². The van der Waals surface area contributed by atoms with E-state index < -0.39 is 0 Å². The molecule has 28 heavy (non-hydrogen) atoms. The lowest BCUT2D eigenvalue weighted by atomic mass is 10.1. The Morgan fingerprint density at radius 3 is 2.89 bits per heavy atom. The van der Waals surface area contributed by atoms with Crippen LogP contribution in [0.15, 0.2) is 53.2 Å². The molecule has 1 fully saturated rings. The van der Waals surface area contributed by atoms with Gasteiger partial charge in [-0.1, -0.05) is 17.3 Å². The quantitative estimate of drug-likeness (QED) is 0.706. The lowest BCUT2D eigenvalue weighted by Gasteiger charge is -2.15. The maximum absolute atomic E-state index is 12.5. The maximum atomic E-state index is 12.5. The minimum atomic E-state index is 0.0599. The zero-order valence-electron chi connectivity index (χ0n) is 15.7. The Hall–Kier alpha value is -3.35. The summed E-state index contributed by atoms with van der Waals surface area (Å²) in [6.45, 7) is 2.10. The van der Waals surface area contributed by atoms with Gasteiger partial charge >= 0.3 is 0 Å². The first-order valence-electron chi connectivity index (χ1n) is 9.32. The topological polar surface area (TPSA) is 80.5 Å². The summed E-state index contributed by atoms with van der Waals surface area (Å²) in [4.78, 5) is 18.7. The summed E-state index contributed by atoms with van der Waals surface area (Å²) in [5.41, 5.74) is 2.29. The molecule has 4 rings (SSSR count). The molecular formula is C21H22N4O3. The molecule has 0 atom stereocenters. The van der Waals surface area contributed by atoms with Gasteiger partial charge in [0.25, 0.3) is 5.91 Å². The van der Waals surface area contributed by atoms with Crippen LogP contribution in [0, 0.1) is 0 Å². The zero-order valence-corrected chi connectivity index (χ0v) is 15.7. The summed E-state index contributed by atoms with van der Waals surface area (Å²) < 4.78 is 10.7. The summed E-state index contributed by atoms with van der Waals surface area (Å²) in [6, 6.07) is 13.0. The molecular weight excluding hydrogens is 356 g/mol. The molecule has 0 unspecified atom stereocenters. The van der Waals surface area contributed by atoms with Gasteiger partial charge < -0.3 is 19.5 Å². The van der Waals surface area contributed by atoms with Crippen molar-refractivity contribution in [2.45, 2.75) is 19.4 Å². The van der Waals surface area contributed by atoms with Gasteiger partial charge in [-0.15, -0.1) is 0 Å². The van der Waals surface area contributed by atoms with E-state index in [1.807, 2.05) is 35.2 Å². The third kappa shape index (κ3) is 3.98. The number of hydrogen-bond donors (Lipinski definition) is 1. The van der Waals surface area contributed by atoms with Crippen LogP contribution < -0.4 is 10.1 Å². The molecule has 0 aliphatic carbocycles. The molecule has 2 aromatic heterocycles. The van der Waals surface area contributed by atoms with E-state index in [1.54, 1.807) is 25.4 Å². The molecule has 0 saturated carbocycles. The molecule has 1 amide bonds. The summed E-state index contributed by atoms with van der Waals surface area (Å²) in [5, 5.41) is 7.31. The number of hydrogen-bond acceptors (Lipinski definition) is 6. The summed E-state index contributed by atoms with van der Waals surface area (Å²) in [5.74, 6) is 2.12. The molecule has 144 valence electrons. The average Bonchev–Trinajstić information content (AvgIpc) is 3.44. The summed E-state index contributed by atoms with van der Waals surface area (Å²) in [7, 11) is 1.63. The number of benzene rings is 1. The van der Waals surface area contributed by atoms with E-state index in [0.29, 0.717) is 23.7 Å². The number of rotatable bonds is 6. The number of methoxy groups -OCH3 is 1. The highest BCUT2D eigenvalue weighted by atomic mass is 16.5. The van der Waals surface area contributed by atoms with Crippen molar-refractivity contribution < 1.29 is 14.1 Å². The monoisotopic (exact) mass is 378 g/mol. The molecule has 7 heteroatoms. The van der Waals surface area contributed by atoms with Crippen LogP contribution in [-0.2, 0) is 6.54 Å². The summed E-state index contributed by atoms with van der Waals surface area (Å²) in [6.07, 6.45) is 3.80. The van der Waals surface area contributed by atoms with Crippen molar-refractivity contribution in [3.8, 4) is 17.1 Å². The van der Waals surface area contributed by atoms with Crippen molar-refractivity contribution in [1.82, 2.24) is 15.0 Å². The Labute approximate surface area is 163 Å². The van der Waals surface area contributed by atoms with Crippen molar-refractivity contribution in [3.05, 3.63) is 59.9 Å². The van der Waals surface area contributed by atoms with E-state index in [9.17, 15) is 4.79 Å². The third-order valence-corrected chi connectivity index (χ3v) is 4.76. The molecule has 0 spiro atoms. The number of anilines is 1. The predicted molar refractivity (Wildman–Crippen MR) is 105 cm³/mol. The van der Waals surface area contributed by atoms with Gasteiger partial charge in [0.1, 0.15) is 17.3 Å². The molecule has 1 aliphatic rings. The lowest BCUT2D eigenvalue weighted by molar-refractivity contribution is 0.0792. The van der Waals surface area contributed by atoms with Crippen LogP contribution in [0.2, 0.25) is 0 Å². The van der Waals surface area contributed by atoms with Gasteiger partial charge in [-0.3, -0.25) is 4.79 Å². The van der Waals surface area contributed by atoms with Crippen LogP contribution in [0.25, 0.3) is 11.3 Å². The first kappa shape index (κ1) is 18.0. The average molecular weight is 378 g/mol. The van der Waals surface area contributed by atoms with Gasteiger partial charge in [0.2, 0.25) is 0 Å². The fourth-order valence-electron chi connectivity index (χ4n) is 3.25. The minimum absolute atomic E-state index is 0.0599. The Kier molecular flexibility index (Phi) is 5.23. The minimum Gasteiger partial charge on any atom is -0.497 e. The number of likely N-dealkylation sites (tertiary alicyclic amines) is 1. The van der Waals surface area contributed by atoms with E-state index in [-0.39, 0.29) is 5.91 Å². The van der Waals surface area contributed by atoms with Crippen molar-refractivity contribution in [2.75, 3.05) is 25.5 Å². The summed E-state index contributed by atoms with van der Waals surface area (Å²) >= 11 is 0. The molecule has 1 aromatic carbocycles. The second-order valence-corrected chi connectivity index (χ2v) is 6.70. The Morgan fingerprint density at radius 1 is 1.21 bits per heavy atom. The lowest BCUT2D eigenvalue weighted by Crippen LogP contribution is -2.27. The van der Waals surface area contributed by atoms with Gasteiger partial charge in [0.15, 0.2) is 5.76 Å². The van der Waals surface area contributed by atoms with Crippen LogP contribution in [0.5, 0.6) is 5.75 Å². The van der Waals surface area contributed by atoms with E-state index in [2.05, 4.69) is 15.5 Å². The third-order valence-electron chi connectivity index (χ3n) is 4.76. The zero-order chi connectivity index (χ0) is 19.3. The van der Waals surface area contributed by atoms with Gasteiger partial charge in [-0.05, 0) is 37.1 Å². The number of ether oxygens (including phenoxy) is 1. The molecule has 3 aromatic rings. The second kappa shape index (κ2) is 8.12. The number of carbonyl (C=O) groups is 1. The van der Waals surface area contributed by atoms with Crippen LogP contribution >= 0.6 is 0 Å². The van der Waals surface area contributed by atoms with Crippen molar-refractivity contribution in [3.63, 3.8) is 0 Å². The molecule has 7 nitrogen and oxygen atoms in total. The molecule has 1 aliphatic heterocycles. The standard InChI is InChI=1S/C21H22N4O3/c1-27-18-6-4-5-15(11-18)19-13-17(24-28-19)14-23-20-12-16(7-8-22-20)21(26)25-9-2-3-10-25/h4-8,11-13H,2-3,9-10,14H2,1H3,(H,22,23). The van der Waals surface area contributed by atoms with Gasteiger partial charge in [-0.25, -0.2) is 4.98 Å². The van der Waals surface area contributed by atoms with Crippen LogP contribution in [0.4, 0.5) is 5.82 Å². The molecule has 3 heterocycles. The van der Waals surface area contributed by atoms with Gasteiger partial charge in [0, 0.05) is 36.5 Å². The number of nitrogens with zero attached hydrogens (tertiary/aromatic N) is 3. The second-order valence-electron chi connectivity index (χ2n) is 6.70. The predicted octanol–water partition coefficient (Wildman–Crippen LogP) is 3.59. The van der Waals surface area contributed by atoms with Crippen LogP contribution in [0.1, 0.15) is 28.9 Å². The smallest absolute Gasteiger partial charge is 0.254 e. The number of carbonyl (C=O) groups excluding carboxylic acids is 1. The Balaban J connectivity index is 1.41. The van der Waals surface area contributed by atoms with Gasteiger partial charge in [-0.2, -0.15) is 0 Å². The number of nitrogens with one attached hydrogen (secondary N) is 1. The highest BCUT2D eigenvalue weighted by Crippen LogP contribution is 2.24. The van der Waals surface area contributed by atoms with E-state index in [1.165, 1.54) is 0 Å². The fraction of sp³-hybridized carbons (Fsp3) is 0.286. The first-order valence-corrected chi connectivity index (χ1v) is 9.32. The molecule has 0 bridgehead atoms. The molecule has 1 saturated heterocycles. The van der Waals surface area contributed by atoms with Crippen molar-refractivity contribution in [1.29, 1.82) is 0 Å².